The lowest BCUT2D eigenvalue weighted by molar-refractivity contribution is 0.00645. The summed E-state index contributed by atoms with van der Waals surface area (Å²) in [6.45, 7) is 6.00. The van der Waals surface area contributed by atoms with Crippen molar-refractivity contribution in [3.8, 4) is 5.75 Å². The maximum absolute atomic E-state index is 14.5. The van der Waals surface area contributed by atoms with Crippen LogP contribution < -0.4 is 4.74 Å². The van der Waals surface area contributed by atoms with Crippen LogP contribution in [-0.2, 0) is 4.74 Å². The molecule has 0 atom stereocenters. The maximum Gasteiger partial charge on any atom is 0.341 e. The van der Waals surface area contributed by atoms with E-state index in [-0.39, 0.29) is 5.56 Å². The van der Waals surface area contributed by atoms with E-state index in [1.54, 1.807) is 26.8 Å². The van der Waals surface area contributed by atoms with Gasteiger partial charge in [0.25, 0.3) is 0 Å². The summed E-state index contributed by atoms with van der Waals surface area (Å²) >= 11 is 0. The van der Waals surface area contributed by atoms with E-state index in [2.05, 4.69) is 0 Å². The lowest BCUT2D eigenvalue weighted by Gasteiger charge is -2.23. The van der Waals surface area contributed by atoms with Crippen LogP contribution in [0.1, 0.15) is 87.6 Å². The summed E-state index contributed by atoms with van der Waals surface area (Å²) in [5, 5.41) is 0. The Hall–Kier alpha value is -1.58. The molecule has 25 heavy (non-hydrogen) atoms. The monoisotopic (exact) mass is 348 g/mol. The molecule has 0 aliphatic heterocycles. The normalized spacial score (nSPS) is 18.9. The minimum atomic E-state index is -0.639. The fourth-order valence-corrected chi connectivity index (χ4v) is 3.46. The Balaban J connectivity index is 1.77. The van der Waals surface area contributed by atoms with Crippen molar-refractivity contribution < 1.29 is 18.7 Å². The number of halogens is 1. The first kappa shape index (κ1) is 18.2. The Morgan fingerprint density at radius 3 is 2.40 bits per heavy atom. The molecule has 0 amide bonds. The second kappa shape index (κ2) is 7.35. The Bertz CT molecular complexity index is 623. The van der Waals surface area contributed by atoms with E-state index in [1.165, 1.54) is 38.2 Å². The number of rotatable bonds is 5. The van der Waals surface area contributed by atoms with Crippen LogP contribution >= 0.6 is 0 Å². The van der Waals surface area contributed by atoms with Gasteiger partial charge in [-0.3, -0.25) is 0 Å². The minimum absolute atomic E-state index is 0.0156. The molecule has 3 nitrogen and oxygen atoms in total. The highest BCUT2D eigenvalue weighted by Crippen LogP contribution is 2.45. The summed E-state index contributed by atoms with van der Waals surface area (Å²) in [7, 11) is 0. The third-order valence-electron chi connectivity index (χ3n) is 4.93. The maximum atomic E-state index is 14.5. The van der Waals surface area contributed by atoms with Gasteiger partial charge in [0.2, 0.25) is 0 Å². The molecular weight excluding hydrogens is 319 g/mol. The SMILES string of the molecule is CC(C)(C)OC(=O)c1cc(C2CC2)c(OCC2CCCCC2)cc1F. The van der Waals surface area contributed by atoms with Gasteiger partial charge in [-0.25, -0.2) is 9.18 Å². The third kappa shape index (κ3) is 4.96. The van der Waals surface area contributed by atoms with Crippen molar-refractivity contribution in [1.29, 1.82) is 0 Å². The predicted molar refractivity (Wildman–Crippen MR) is 95.6 cm³/mol. The molecule has 0 radical (unpaired) electrons. The molecule has 0 aromatic heterocycles. The van der Waals surface area contributed by atoms with E-state index in [4.69, 9.17) is 9.47 Å². The number of hydrogen-bond donors (Lipinski definition) is 0. The molecule has 2 saturated carbocycles. The first-order valence-corrected chi connectivity index (χ1v) is 9.53. The first-order valence-electron chi connectivity index (χ1n) is 9.53. The van der Waals surface area contributed by atoms with E-state index in [0.717, 1.165) is 18.4 Å². The van der Waals surface area contributed by atoms with Gasteiger partial charge in [0, 0.05) is 6.07 Å². The highest BCUT2D eigenvalue weighted by atomic mass is 19.1. The lowest BCUT2D eigenvalue weighted by Crippen LogP contribution is -2.24. The van der Waals surface area contributed by atoms with Gasteiger partial charge < -0.3 is 9.47 Å². The Labute approximate surface area is 149 Å². The summed E-state index contributed by atoms with van der Waals surface area (Å²) in [5.74, 6) is 0.387. The van der Waals surface area contributed by atoms with Crippen molar-refractivity contribution >= 4 is 5.97 Å². The van der Waals surface area contributed by atoms with Crippen LogP contribution in [0.3, 0.4) is 0 Å². The zero-order valence-electron chi connectivity index (χ0n) is 15.6. The van der Waals surface area contributed by atoms with Gasteiger partial charge in [0.15, 0.2) is 0 Å². The van der Waals surface area contributed by atoms with E-state index in [1.807, 2.05) is 0 Å². The Kier molecular flexibility index (Phi) is 5.35. The van der Waals surface area contributed by atoms with Crippen LogP contribution in [-0.4, -0.2) is 18.2 Å². The van der Waals surface area contributed by atoms with Gasteiger partial charge in [0.1, 0.15) is 17.2 Å². The molecule has 2 aliphatic carbocycles. The Morgan fingerprint density at radius 2 is 1.80 bits per heavy atom. The van der Waals surface area contributed by atoms with Gasteiger partial charge in [-0.05, 0) is 69.9 Å². The van der Waals surface area contributed by atoms with E-state index >= 15 is 0 Å². The van der Waals surface area contributed by atoms with Gasteiger partial charge in [-0.1, -0.05) is 19.3 Å². The molecule has 3 rings (SSSR count). The van der Waals surface area contributed by atoms with Crippen molar-refractivity contribution in [2.24, 2.45) is 5.92 Å². The van der Waals surface area contributed by atoms with Crippen LogP contribution in [0.4, 0.5) is 4.39 Å². The van der Waals surface area contributed by atoms with E-state index in [0.29, 0.717) is 24.2 Å². The largest absolute Gasteiger partial charge is 0.493 e. The zero-order valence-corrected chi connectivity index (χ0v) is 15.6. The number of ether oxygens (including phenoxy) is 2. The highest BCUT2D eigenvalue weighted by Gasteiger charge is 2.31. The topological polar surface area (TPSA) is 35.5 Å². The molecule has 0 saturated heterocycles. The summed E-state index contributed by atoms with van der Waals surface area (Å²) in [4.78, 5) is 12.3. The fourth-order valence-electron chi connectivity index (χ4n) is 3.46. The molecule has 0 unspecified atom stereocenters. The average molecular weight is 348 g/mol. The van der Waals surface area contributed by atoms with Crippen molar-refractivity contribution in [1.82, 2.24) is 0 Å². The average Bonchev–Trinajstić information content (AvgIpc) is 3.37. The van der Waals surface area contributed by atoms with Crippen LogP contribution in [0.25, 0.3) is 0 Å². The summed E-state index contributed by atoms with van der Waals surface area (Å²) in [5.41, 5.74) is 0.333. The van der Waals surface area contributed by atoms with Crippen molar-refractivity contribution in [2.45, 2.75) is 77.2 Å². The second-order valence-electron chi connectivity index (χ2n) is 8.46. The van der Waals surface area contributed by atoms with Crippen molar-refractivity contribution in [2.75, 3.05) is 6.61 Å². The van der Waals surface area contributed by atoms with Gasteiger partial charge in [-0.2, -0.15) is 0 Å². The van der Waals surface area contributed by atoms with Crippen molar-refractivity contribution in [3.05, 3.63) is 29.1 Å². The standard InChI is InChI=1S/C21H29FO3/c1-21(2,3)25-20(23)17-11-16(15-9-10-15)19(12-18(17)22)24-13-14-7-5-4-6-8-14/h11-12,14-15H,4-10,13H2,1-3H3. The second-order valence-corrected chi connectivity index (χ2v) is 8.46. The quantitative estimate of drug-likeness (QED) is 0.648. The molecule has 2 fully saturated rings. The van der Waals surface area contributed by atoms with Gasteiger partial charge in [-0.15, -0.1) is 0 Å². The molecule has 4 heteroatoms. The number of carbonyl (C=O) groups is 1. The molecule has 1 aromatic carbocycles. The zero-order chi connectivity index (χ0) is 18.0. The fraction of sp³-hybridized carbons (Fsp3) is 0.667. The molecule has 0 heterocycles. The van der Waals surface area contributed by atoms with Crippen molar-refractivity contribution in [3.63, 3.8) is 0 Å². The number of esters is 1. The lowest BCUT2D eigenvalue weighted by atomic mass is 9.90. The number of hydrogen-bond acceptors (Lipinski definition) is 3. The molecule has 0 bridgehead atoms. The summed E-state index contributed by atoms with van der Waals surface area (Å²) in [6.07, 6.45) is 8.35. The van der Waals surface area contributed by atoms with Crippen LogP contribution in [0, 0.1) is 11.7 Å². The van der Waals surface area contributed by atoms with Crippen LogP contribution in [0.2, 0.25) is 0 Å². The van der Waals surface area contributed by atoms with Gasteiger partial charge in [0.05, 0.1) is 12.2 Å². The van der Waals surface area contributed by atoms with Gasteiger partial charge >= 0.3 is 5.97 Å². The predicted octanol–water partition coefficient (Wildman–Crippen LogP) is 5.62. The number of carbonyl (C=O) groups excluding carboxylic acids is 1. The molecule has 1 aromatic rings. The molecule has 138 valence electrons. The number of benzene rings is 1. The molecule has 2 aliphatic rings. The third-order valence-corrected chi connectivity index (χ3v) is 4.93. The molecule has 0 spiro atoms. The smallest absolute Gasteiger partial charge is 0.341 e. The first-order chi connectivity index (χ1) is 11.8. The summed E-state index contributed by atoms with van der Waals surface area (Å²) in [6, 6.07) is 3.03. The minimum Gasteiger partial charge on any atom is -0.493 e. The van der Waals surface area contributed by atoms with E-state index < -0.39 is 17.4 Å². The van der Waals surface area contributed by atoms with Crippen LogP contribution in [0.15, 0.2) is 12.1 Å². The van der Waals surface area contributed by atoms with E-state index in [9.17, 15) is 9.18 Å². The van der Waals surface area contributed by atoms with Crippen LogP contribution in [0.5, 0.6) is 5.75 Å². The highest BCUT2D eigenvalue weighted by molar-refractivity contribution is 5.90. The molecular formula is C21H29FO3. The summed E-state index contributed by atoms with van der Waals surface area (Å²) < 4.78 is 25.9. The molecule has 0 N–H and O–H groups in total. The Morgan fingerprint density at radius 1 is 1.12 bits per heavy atom.